The van der Waals surface area contributed by atoms with Gasteiger partial charge in [0.25, 0.3) is 5.91 Å². The summed E-state index contributed by atoms with van der Waals surface area (Å²) in [7, 11) is 1.81. The highest BCUT2D eigenvalue weighted by atomic mass is 35.5. The van der Waals surface area contributed by atoms with Crippen LogP contribution in [0.1, 0.15) is 28.8 Å². The molecule has 0 N–H and O–H groups in total. The van der Waals surface area contributed by atoms with E-state index in [2.05, 4.69) is 4.98 Å². The zero-order valence-electron chi connectivity index (χ0n) is 15.7. The minimum Gasteiger partial charge on any atom is -0.357 e. The third kappa shape index (κ3) is 4.30. The lowest BCUT2D eigenvalue weighted by Gasteiger charge is -2.43. The van der Waals surface area contributed by atoms with Gasteiger partial charge in [-0.1, -0.05) is 47.5 Å². The summed E-state index contributed by atoms with van der Waals surface area (Å²) < 4.78 is 6.35. The number of pyridine rings is 1. The molecule has 1 fully saturated rings. The molecule has 1 saturated heterocycles. The first-order valence-corrected chi connectivity index (χ1v) is 9.96. The van der Waals surface area contributed by atoms with Gasteiger partial charge in [-0.3, -0.25) is 9.78 Å². The van der Waals surface area contributed by atoms with Gasteiger partial charge in [0.1, 0.15) is 12.2 Å². The lowest BCUT2D eigenvalue weighted by atomic mass is 9.91. The number of likely N-dealkylation sites (N-methyl/N-ethyl adjacent to an activating group) is 1. The summed E-state index contributed by atoms with van der Waals surface area (Å²) in [5, 5.41) is 1.29. The van der Waals surface area contributed by atoms with Crippen molar-refractivity contribution in [2.45, 2.75) is 18.2 Å². The molecule has 0 unspecified atom stereocenters. The molecule has 2 aromatic carbocycles. The molecule has 0 aliphatic carbocycles. The van der Waals surface area contributed by atoms with Crippen molar-refractivity contribution in [3.63, 3.8) is 0 Å². The molecule has 4 rings (SSSR count). The second kappa shape index (κ2) is 8.54. The summed E-state index contributed by atoms with van der Waals surface area (Å²) in [5.74, 6) is -0.105. The number of hydrogen-bond donors (Lipinski definition) is 0. The highest BCUT2D eigenvalue weighted by Crippen LogP contribution is 2.42. The van der Waals surface area contributed by atoms with Crippen LogP contribution in [0.3, 0.4) is 0 Å². The van der Waals surface area contributed by atoms with Gasteiger partial charge in [0.2, 0.25) is 0 Å². The van der Waals surface area contributed by atoms with Gasteiger partial charge in [-0.05, 0) is 53.1 Å². The van der Waals surface area contributed by atoms with Gasteiger partial charge in [-0.15, -0.1) is 0 Å². The van der Waals surface area contributed by atoms with Gasteiger partial charge in [-0.2, -0.15) is 0 Å². The molecule has 3 aromatic rings. The third-order valence-electron chi connectivity index (χ3n) is 5.05. The van der Waals surface area contributed by atoms with E-state index in [9.17, 15) is 4.79 Å². The first kappa shape index (κ1) is 19.9. The van der Waals surface area contributed by atoms with Gasteiger partial charge < -0.3 is 9.64 Å². The Balaban J connectivity index is 1.71. The van der Waals surface area contributed by atoms with Gasteiger partial charge in [0, 0.05) is 35.9 Å². The Morgan fingerprint density at radius 3 is 2.03 bits per heavy atom. The maximum atomic E-state index is 13.1. The molecule has 1 amide bonds. The van der Waals surface area contributed by atoms with Crippen LogP contribution in [-0.2, 0) is 9.53 Å². The van der Waals surface area contributed by atoms with Crippen LogP contribution in [0.25, 0.3) is 0 Å². The van der Waals surface area contributed by atoms with Gasteiger partial charge in [0.15, 0.2) is 0 Å². The molecule has 29 heavy (non-hydrogen) atoms. The number of carbonyl (C=O) groups is 1. The van der Waals surface area contributed by atoms with Crippen molar-refractivity contribution >= 4 is 29.1 Å². The number of nitrogens with zero attached hydrogens (tertiary/aromatic N) is 2. The lowest BCUT2D eigenvalue weighted by Crippen LogP contribution is -2.49. The molecule has 1 aromatic heterocycles. The average Bonchev–Trinajstić information content (AvgIpc) is 2.74. The Hall–Kier alpha value is -2.40. The number of benzene rings is 2. The Morgan fingerprint density at radius 1 is 0.897 bits per heavy atom. The second-order valence-corrected chi connectivity index (χ2v) is 7.79. The molecule has 0 saturated carbocycles. The number of amides is 1. The van der Waals surface area contributed by atoms with Crippen LogP contribution in [0.2, 0.25) is 10.0 Å². The molecule has 3 atom stereocenters. The smallest absolute Gasteiger partial charge is 0.252 e. The molecule has 6 heteroatoms. The first-order chi connectivity index (χ1) is 14.0. The van der Waals surface area contributed by atoms with Crippen molar-refractivity contribution in [1.82, 2.24) is 9.88 Å². The van der Waals surface area contributed by atoms with E-state index in [0.717, 1.165) is 16.7 Å². The van der Waals surface area contributed by atoms with E-state index in [4.69, 9.17) is 27.9 Å². The fourth-order valence-electron chi connectivity index (χ4n) is 3.56. The fraction of sp³-hybridized carbons (Fsp3) is 0.174. The van der Waals surface area contributed by atoms with E-state index in [-0.39, 0.29) is 18.1 Å². The Morgan fingerprint density at radius 2 is 1.45 bits per heavy atom. The molecule has 1 aliphatic heterocycles. The predicted octanol–water partition coefficient (Wildman–Crippen LogP) is 5.28. The molecule has 1 aliphatic rings. The highest BCUT2D eigenvalue weighted by molar-refractivity contribution is 6.30. The minimum atomic E-state index is -0.702. The van der Waals surface area contributed by atoms with E-state index in [1.807, 2.05) is 67.1 Å². The Kier molecular flexibility index (Phi) is 5.86. The second-order valence-electron chi connectivity index (χ2n) is 6.92. The quantitative estimate of drug-likeness (QED) is 0.570. The normalized spacial score (nSPS) is 22.0. The number of carbonyl (C=O) groups excluding carboxylic acids is 1. The van der Waals surface area contributed by atoms with Crippen molar-refractivity contribution in [2.75, 3.05) is 7.05 Å². The minimum absolute atomic E-state index is 0.105. The molecule has 147 valence electrons. The van der Waals surface area contributed by atoms with Crippen molar-refractivity contribution in [2.24, 2.45) is 0 Å². The van der Waals surface area contributed by atoms with Crippen LogP contribution in [0.4, 0.5) is 0 Å². The van der Waals surface area contributed by atoms with E-state index >= 15 is 0 Å². The molecular formula is C23H19Cl2N2O2. The van der Waals surface area contributed by atoms with Crippen molar-refractivity contribution in [3.05, 3.63) is 106 Å². The largest absolute Gasteiger partial charge is 0.357 e. The summed E-state index contributed by atoms with van der Waals surface area (Å²) in [5.41, 5.74) is 2.78. The van der Waals surface area contributed by atoms with Gasteiger partial charge in [-0.25, -0.2) is 0 Å². The maximum absolute atomic E-state index is 13.1. The third-order valence-corrected chi connectivity index (χ3v) is 5.55. The van der Waals surface area contributed by atoms with Crippen molar-refractivity contribution in [1.29, 1.82) is 0 Å². The van der Waals surface area contributed by atoms with E-state index < -0.39 is 6.10 Å². The number of ether oxygens (including phenoxy) is 1. The summed E-state index contributed by atoms with van der Waals surface area (Å²) in [6.07, 6.45) is 4.14. The zero-order chi connectivity index (χ0) is 20.4. The number of halogens is 2. The van der Waals surface area contributed by atoms with Crippen molar-refractivity contribution < 1.29 is 9.53 Å². The number of aromatic nitrogens is 1. The number of hydrogen-bond acceptors (Lipinski definition) is 3. The number of rotatable bonds is 4. The van der Waals surface area contributed by atoms with Crippen LogP contribution in [0.15, 0.2) is 73.1 Å². The zero-order valence-corrected chi connectivity index (χ0v) is 17.2. The molecule has 4 nitrogen and oxygen atoms in total. The van der Waals surface area contributed by atoms with E-state index in [1.165, 1.54) is 0 Å². The van der Waals surface area contributed by atoms with Crippen LogP contribution in [-0.4, -0.2) is 28.9 Å². The first-order valence-electron chi connectivity index (χ1n) is 9.21. The van der Waals surface area contributed by atoms with Crippen LogP contribution in [0, 0.1) is 6.42 Å². The van der Waals surface area contributed by atoms with Crippen LogP contribution < -0.4 is 0 Å². The highest BCUT2D eigenvalue weighted by Gasteiger charge is 2.42. The molecule has 1 radical (unpaired) electrons. The van der Waals surface area contributed by atoms with Gasteiger partial charge in [0.05, 0.1) is 6.04 Å². The predicted molar refractivity (Wildman–Crippen MR) is 114 cm³/mol. The summed E-state index contributed by atoms with van der Waals surface area (Å²) in [6.45, 7) is 0. The average molecular weight is 426 g/mol. The van der Waals surface area contributed by atoms with E-state index in [1.54, 1.807) is 24.3 Å². The van der Waals surface area contributed by atoms with Gasteiger partial charge >= 0.3 is 0 Å². The topological polar surface area (TPSA) is 42.4 Å². The molecule has 0 spiro atoms. The Labute approximate surface area is 180 Å². The summed E-state index contributed by atoms with van der Waals surface area (Å²) in [6, 6.07) is 18.4. The maximum Gasteiger partial charge on any atom is 0.252 e. The molecular weight excluding hydrogens is 407 g/mol. The monoisotopic (exact) mass is 425 g/mol. The standard InChI is InChI=1S/C23H19Cl2N2O2/c1-27-21(16-2-6-18(24)7-3-16)22(17-4-8-19(25)9-5-17)29-20(23(27)28)14-15-10-12-26-13-11-15/h2-14,20-22H,1H3/t20-,21+,22-/m1/s1. The van der Waals surface area contributed by atoms with Crippen LogP contribution in [0.5, 0.6) is 0 Å². The van der Waals surface area contributed by atoms with Crippen molar-refractivity contribution in [3.8, 4) is 0 Å². The van der Waals surface area contributed by atoms with Crippen LogP contribution >= 0.6 is 23.2 Å². The lowest BCUT2D eigenvalue weighted by molar-refractivity contribution is -0.166. The fourth-order valence-corrected chi connectivity index (χ4v) is 3.82. The Bertz CT molecular complexity index is 978. The van der Waals surface area contributed by atoms with E-state index in [0.29, 0.717) is 10.0 Å². The summed E-state index contributed by atoms with van der Waals surface area (Å²) >= 11 is 12.1. The molecule has 0 bridgehead atoms. The summed E-state index contributed by atoms with van der Waals surface area (Å²) in [4.78, 5) is 18.9. The molecule has 2 heterocycles. The SMILES string of the molecule is CN1C(=O)[C@@H]([CH]c2ccncc2)O[C@H](c2ccc(Cl)cc2)[C@@H]1c1ccc(Cl)cc1. The number of morpholine rings is 1.